The minimum Gasteiger partial charge on any atom is -0.537 e. The summed E-state index contributed by atoms with van der Waals surface area (Å²) in [5, 5.41) is 12.6. The largest absolute Gasteiger partial charge is 0.569 e. The molecule has 647 valence electrons. The Morgan fingerprint density at radius 1 is 0.231 bits per heavy atom. The Kier molecular flexibility index (Phi) is 40.5. The predicted octanol–water partition coefficient (Wildman–Crippen LogP) is 36.3. The van der Waals surface area contributed by atoms with E-state index >= 15 is 0 Å². The lowest BCUT2D eigenvalue weighted by atomic mass is 10.0. The van der Waals surface area contributed by atoms with Gasteiger partial charge in [0, 0.05) is 74.2 Å². The van der Waals surface area contributed by atoms with Crippen LogP contribution in [0.5, 0.6) is 5.75 Å². The number of halogens is 4. The first-order valence-electron chi connectivity index (χ1n) is 40.9. The number of nitrogen functional groups attached to an aromatic ring is 1. The summed E-state index contributed by atoms with van der Waals surface area (Å²) >= 11 is 12.7. The third-order valence-electron chi connectivity index (χ3n) is 20.3. The van der Waals surface area contributed by atoms with E-state index in [-0.39, 0.29) is 37.1 Å². The first-order valence-corrected chi connectivity index (χ1v) is 44.4. The molecule has 0 saturated carbocycles. The van der Waals surface area contributed by atoms with Gasteiger partial charge in [0.1, 0.15) is 5.75 Å². The molecule has 0 spiro atoms. The fourth-order valence-electron chi connectivity index (χ4n) is 14.0. The molecule has 130 heavy (non-hydrogen) atoms. The molecule has 0 aromatic heterocycles. The summed E-state index contributed by atoms with van der Waals surface area (Å²) in [5.41, 5.74) is 34.3. The minimum absolute atomic E-state index is 0. The maximum atomic E-state index is 9.10. The summed E-state index contributed by atoms with van der Waals surface area (Å²) in [6.45, 7) is 0. The summed E-state index contributed by atoms with van der Waals surface area (Å²) < 4.78 is 9.81. The molecule has 19 rings (SSSR count). The van der Waals surface area contributed by atoms with E-state index in [0.29, 0.717) is 13.4 Å². The Balaban J connectivity index is 0.000000184. The summed E-state index contributed by atoms with van der Waals surface area (Å²) in [7, 11) is 0.701. The SMILES string of the molecule is Brc1ccc(-c2ccccc2)cc1.Brc1cccc(I)c1.Brc1cccc(N(c2ccc(-c3ccccc3)cc2)c2ccc(-c3ccccc3)cc2)c1.C.C.C.Nc1ccc(-c2ccccc2)cc1.O[B]Oc1cccc(N(c2ccc(-c3ccccc3)cc2)c2ccc(-c3ccccc3)cc2)c1.[CH3-].[CH3-].c1ccc(-c2ccc(Nc3ccc(-c4ccccc4)cc3)cc2)cc1. The summed E-state index contributed by atoms with van der Waals surface area (Å²) in [6, 6.07) is 175. The highest BCUT2D eigenvalue weighted by Crippen LogP contribution is 2.41. The van der Waals surface area contributed by atoms with Gasteiger partial charge in [0.05, 0.1) is 0 Å². The van der Waals surface area contributed by atoms with Crippen molar-refractivity contribution in [2.75, 3.05) is 20.9 Å². The van der Waals surface area contributed by atoms with Gasteiger partial charge in [-0.2, -0.15) is 0 Å². The Morgan fingerprint density at radius 3 is 0.700 bits per heavy atom. The van der Waals surface area contributed by atoms with Gasteiger partial charge in [-0.15, -0.1) is 0 Å². The molecule has 0 aliphatic rings. The van der Waals surface area contributed by atoms with Crippen molar-refractivity contribution in [1.82, 2.24) is 0 Å². The molecule has 0 saturated heterocycles. The monoisotopic (exact) mass is 2000 g/mol. The minimum atomic E-state index is 0. The number of nitrogens with one attached hydrogen (secondary N) is 1. The highest BCUT2D eigenvalue weighted by atomic mass is 127. The van der Waals surface area contributed by atoms with Crippen LogP contribution in [0.15, 0.2) is 523 Å². The van der Waals surface area contributed by atoms with Gasteiger partial charge in [-0.1, -0.05) is 428 Å². The number of benzene rings is 19. The first-order chi connectivity index (χ1) is 61.5. The van der Waals surface area contributed by atoms with E-state index in [1.54, 1.807) is 0 Å². The van der Waals surface area contributed by atoms with Crippen molar-refractivity contribution in [2.45, 2.75) is 22.3 Å². The molecular formula is C119H106BBr3IN4O2-2. The van der Waals surface area contributed by atoms with Crippen LogP contribution in [0.3, 0.4) is 0 Å². The third-order valence-corrected chi connectivity index (χ3v) is 22.5. The van der Waals surface area contributed by atoms with E-state index in [1.807, 2.05) is 146 Å². The van der Waals surface area contributed by atoms with Gasteiger partial charge >= 0.3 is 7.69 Å². The molecule has 0 bridgehead atoms. The lowest BCUT2D eigenvalue weighted by Crippen LogP contribution is -2.10. The summed E-state index contributed by atoms with van der Waals surface area (Å²) in [5.74, 6) is 0.562. The second-order valence-electron chi connectivity index (χ2n) is 28.8. The summed E-state index contributed by atoms with van der Waals surface area (Å²) in [6.07, 6.45) is 0. The van der Waals surface area contributed by atoms with Crippen molar-refractivity contribution in [2.24, 2.45) is 0 Å². The van der Waals surface area contributed by atoms with Crippen LogP contribution in [0.4, 0.5) is 51.2 Å². The smallest absolute Gasteiger partial charge is 0.537 e. The number of rotatable bonds is 18. The molecule has 0 fully saturated rings. The molecule has 0 unspecified atom stereocenters. The van der Waals surface area contributed by atoms with Crippen molar-refractivity contribution in [3.05, 3.63) is 541 Å². The molecule has 0 atom stereocenters. The van der Waals surface area contributed by atoms with Gasteiger partial charge in [0.15, 0.2) is 0 Å². The highest BCUT2D eigenvalue weighted by Gasteiger charge is 2.17. The van der Waals surface area contributed by atoms with Crippen LogP contribution in [0.25, 0.3) is 89.0 Å². The average molecular weight is 2000 g/mol. The van der Waals surface area contributed by atoms with Crippen LogP contribution in [0, 0.1) is 18.4 Å². The second-order valence-corrected chi connectivity index (χ2v) is 32.8. The molecule has 19 aromatic rings. The highest BCUT2D eigenvalue weighted by molar-refractivity contribution is 14.1. The first kappa shape index (κ1) is 100. The quantitative estimate of drug-likeness (QED) is 0.0344. The Bertz CT molecular complexity index is 6070. The molecule has 0 amide bonds. The Hall–Kier alpha value is -13.6. The lowest BCUT2D eigenvalue weighted by molar-refractivity contribution is 0.454. The molecule has 4 N–H and O–H groups in total. The molecule has 19 aromatic carbocycles. The zero-order valence-electron chi connectivity index (χ0n) is 70.4. The number of hydrogen-bond acceptors (Lipinski definition) is 6. The van der Waals surface area contributed by atoms with E-state index in [0.717, 1.165) is 75.7 Å². The lowest BCUT2D eigenvalue weighted by Gasteiger charge is -2.26. The van der Waals surface area contributed by atoms with Crippen LogP contribution in [0.2, 0.25) is 0 Å². The molecule has 0 aliphatic carbocycles. The standard InChI is InChI=1S/C30H23BNO2.C30H22BrN.C24H19N.C12H9Br.C12H11N.C6H4BrI.3CH4.2CH3/c33-31-34-30-13-7-12-29(22-30)32(27-18-14-25(15-19-27)23-8-3-1-4-9-23)28-20-16-26(17-21-28)24-10-5-2-6-11-24;31-27-12-7-13-30(22-27)32(28-18-14-25(15-19-28)23-8-3-1-4-9-23)29-20-16-26(17-21-29)24-10-5-2-6-11-24;1-3-7-19(8-4-1)21-11-15-23(16-12-21)25-24-17-13-22(14-18-24)20-9-5-2-6-10-20;2*13-12-8-6-11(7-9-12)10-4-2-1-3-5-10;7-5-2-1-3-6(8)4-5;;;;;/h1-22,33H;1-22H;1-18,25H;1-9H;1-9H,13H2;1-4H;3*1H4;2*1H3/q;;;;;;;;;2*-1. The van der Waals surface area contributed by atoms with E-state index in [4.69, 9.17) is 15.4 Å². The number of anilines is 9. The number of nitrogens with two attached hydrogens (primary N) is 1. The summed E-state index contributed by atoms with van der Waals surface area (Å²) in [4.78, 5) is 4.46. The predicted molar refractivity (Wildman–Crippen MR) is 583 cm³/mol. The van der Waals surface area contributed by atoms with Gasteiger partial charge in [-0.25, -0.2) is 0 Å². The fraction of sp³-hybridized carbons (Fsp3) is 0.0252. The topological polar surface area (TPSA) is 74.0 Å². The van der Waals surface area contributed by atoms with Crippen LogP contribution in [0.1, 0.15) is 22.3 Å². The Labute approximate surface area is 811 Å². The maximum absolute atomic E-state index is 9.10. The van der Waals surface area contributed by atoms with E-state index in [9.17, 15) is 0 Å². The van der Waals surface area contributed by atoms with Crippen molar-refractivity contribution < 1.29 is 9.68 Å². The van der Waals surface area contributed by atoms with E-state index in [2.05, 4.69) is 449 Å². The van der Waals surface area contributed by atoms with Gasteiger partial charge in [0.2, 0.25) is 0 Å². The van der Waals surface area contributed by atoms with Crippen LogP contribution < -0.4 is 25.5 Å². The van der Waals surface area contributed by atoms with Crippen LogP contribution in [-0.4, -0.2) is 12.7 Å². The molecule has 11 heteroatoms. The zero-order valence-corrected chi connectivity index (χ0v) is 77.3. The second kappa shape index (κ2) is 52.6. The molecule has 6 nitrogen and oxygen atoms in total. The third kappa shape index (κ3) is 29.5. The van der Waals surface area contributed by atoms with Crippen molar-refractivity contribution >= 4 is 129 Å². The zero-order chi connectivity index (χ0) is 86.0. The van der Waals surface area contributed by atoms with Crippen molar-refractivity contribution in [1.29, 1.82) is 0 Å². The Morgan fingerprint density at radius 2 is 0.454 bits per heavy atom. The van der Waals surface area contributed by atoms with E-state index in [1.165, 1.54) is 81.5 Å². The molecular weight excluding hydrogens is 1890 g/mol. The van der Waals surface area contributed by atoms with Crippen molar-refractivity contribution in [3.63, 3.8) is 0 Å². The normalized spacial score (nSPS) is 9.92. The van der Waals surface area contributed by atoms with Crippen LogP contribution >= 0.6 is 70.4 Å². The average Bonchev–Trinajstić information content (AvgIpc) is 0.799. The van der Waals surface area contributed by atoms with Gasteiger partial charge < -0.3 is 45.4 Å². The maximum Gasteiger partial charge on any atom is 0.569 e. The van der Waals surface area contributed by atoms with Gasteiger partial charge in [-0.05, 0) is 257 Å². The molecule has 1 radical (unpaired) electrons. The molecule has 0 aliphatic heterocycles. The van der Waals surface area contributed by atoms with E-state index < -0.39 is 0 Å². The van der Waals surface area contributed by atoms with Gasteiger partial charge in [0.25, 0.3) is 0 Å². The number of hydrogen-bond donors (Lipinski definition) is 3. The van der Waals surface area contributed by atoms with Gasteiger partial charge in [-0.3, -0.25) is 0 Å². The number of nitrogens with zero attached hydrogens (tertiary/aromatic N) is 2. The fourth-order valence-corrected chi connectivity index (χ4v) is 16.0. The molecule has 0 heterocycles. The van der Waals surface area contributed by atoms with Crippen molar-refractivity contribution in [3.8, 4) is 94.8 Å². The van der Waals surface area contributed by atoms with Crippen LogP contribution in [-0.2, 0) is 0 Å².